The lowest BCUT2D eigenvalue weighted by atomic mass is 10.2. The minimum absolute atomic E-state index is 0.0299. The van der Waals surface area contributed by atoms with Crippen LogP contribution in [0.3, 0.4) is 0 Å². The van der Waals surface area contributed by atoms with E-state index in [-0.39, 0.29) is 23.8 Å². The van der Waals surface area contributed by atoms with Crippen LogP contribution in [-0.2, 0) is 16.4 Å². The smallest absolute Gasteiger partial charge is 0.244 e. The Morgan fingerprint density at radius 1 is 1.00 bits per heavy atom. The van der Waals surface area contributed by atoms with E-state index in [1.54, 1.807) is 12.1 Å². The number of benzene rings is 2. The second-order valence-electron chi connectivity index (χ2n) is 5.26. The van der Waals surface area contributed by atoms with Crippen LogP contribution in [-0.4, -0.2) is 35.8 Å². The molecular formula is C18H23NO5S. The van der Waals surface area contributed by atoms with Gasteiger partial charge in [0.25, 0.3) is 0 Å². The van der Waals surface area contributed by atoms with Gasteiger partial charge in [-0.1, -0.05) is 19.1 Å². The highest BCUT2D eigenvalue weighted by molar-refractivity contribution is 7.89. The molecule has 0 bridgehead atoms. The molecule has 0 amide bonds. The van der Waals surface area contributed by atoms with Crippen molar-refractivity contribution in [1.29, 1.82) is 0 Å². The van der Waals surface area contributed by atoms with Crippen LogP contribution in [0.2, 0.25) is 0 Å². The Bertz CT molecular complexity index is 805. The van der Waals surface area contributed by atoms with E-state index in [1.807, 2.05) is 24.3 Å². The molecule has 7 heteroatoms. The van der Waals surface area contributed by atoms with Crippen molar-refractivity contribution in [2.75, 3.05) is 27.4 Å². The third kappa shape index (κ3) is 5.11. The number of hydrogen-bond donors (Lipinski definition) is 1. The van der Waals surface area contributed by atoms with Gasteiger partial charge >= 0.3 is 0 Å². The predicted octanol–water partition coefficient (Wildman–Crippen LogP) is 2.62. The fourth-order valence-electron chi connectivity index (χ4n) is 2.27. The summed E-state index contributed by atoms with van der Waals surface area (Å²) in [6.45, 7) is 2.42. The van der Waals surface area contributed by atoms with Gasteiger partial charge in [-0.05, 0) is 36.2 Å². The van der Waals surface area contributed by atoms with Crippen LogP contribution < -0.4 is 18.9 Å². The van der Waals surface area contributed by atoms with E-state index in [9.17, 15) is 8.42 Å². The molecule has 0 aliphatic rings. The fraction of sp³-hybridized carbons (Fsp3) is 0.333. The first-order valence-electron chi connectivity index (χ1n) is 7.93. The SMILES string of the molecule is CCc1cccc(OCCNS(=O)(=O)c2cc(OC)ccc2OC)c1. The first-order valence-corrected chi connectivity index (χ1v) is 9.42. The zero-order valence-corrected chi connectivity index (χ0v) is 15.4. The maximum atomic E-state index is 12.5. The van der Waals surface area contributed by atoms with E-state index in [0.29, 0.717) is 5.75 Å². The second-order valence-corrected chi connectivity index (χ2v) is 7.00. The summed E-state index contributed by atoms with van der Waals surface area (Å²) in [4.78, 5) is 0.0299. The number of sulfonamides is 1. The van der Waals surface area contributed by atoms with E-state index in [1.165, 1.54) is 25.8 Å². The molecule has 0 atom stereocenters. The van der Waals surface area contributed by atoms with Crippen LogP contribution in [0.15, 0.2) is 47.4 Å². The van der Waals surface area contributed by atoms with E-state index in [0.717, 1.165) is 12.2 Å². The van der Waals surface area contributed by atoms with Gasteiger partial charge in [0.15, 0.2) is 0 Å². The molecule has 2 aromatic rings. The topological polar surface area (TPSA) is 73.9 Å². The van der Waals surface area contributed by atoms with E-state index >= 15 is 0 Å². The van der Waals surface area contributed by atoms with Crippen molar-refractivity contribution in [1.82, 2.24) is 4.72 Å². The molecule has 0 saturated carbocycles. The second kappa shape index (κ2) is 8.73. The van der Waals surface area contributed by atoms with Crippen LogP contribution in [0.25, 0.3) is 0 Å². The average Bonchev–Trinajstić information content (AvgIpc) is 2.64. The Balaban J connectivity index is 1.99. The van der Waals surface area contributed by atoms with Crippen LogP contribution >= 0.6 is 0 Å². The van der Waals surface area contributed by atoms with Gasteiger partial charge < -0.3 is 14.2 Å². The highest BCUT2D eigenvalue weighted by Gasteiger charge is 2.20. The molecule has 0 radical (unpaired) electrons. The van der Waals surface area contributed by atoms with Crippen molar-refractivity contribution in [2.45, 2.75) is 18.2 Å². The molecule has 6 nitrogen and oxygen atoms in total. The molecule has 2 aromatic carbocycles. The quantitative estimate of drug-likeness (QED) is 0.692. The zero-order valence-electron chi connectivity index (χ0n) is 14.6. The molecule has 0 aliphatic heterocycles. The lowest BCUT2D eigenvalue weighted by Gasteiger charge is -2.12. The minimum atomic E-state index is -3.74. The van der Waals surface area contributed by atoms with Gasteiger partial charge in [0, 0.05) is 12.6 Å². The van der Waals surface area contributed by atoms with Gasteiger partial charge in [0.2, 0.25) is 10.0 Å². The van der Waals surface area contributed by atoms with Gasteiger partial charge in [0.05, 0.1) is 14.2 Å². The molecule has 0 saturated heterocycles. The molecule has 2 rings (SSSR count). The van der Waals surface area contributed by atoms with E-state index in [4.69, 9.17) is 14.2 Å². The number of hydrogen-bond acceptors (Lipinski definition) is 5. The van der Waals surface area contributed by atoms with Crippen LogP contribution in [0, 0.1) is 0 Å². The predicted molar refractivity (Wildman–Crippen MR) is 96.0 cm³/mol. The highest BCUT2D eigenvalue weighted by atomic mass is 32.2. The first-order chi connectivity index (χ1) is 12.0. The molecular weight excluding hydrogens is 342 g/mol. The van der Waals surface area contributed by atoms with Gasteiger partial charge in [-0.3, -0.25) is 0 Å². The third-order valence-electron chi connectivity index (χ3n) is 3.63. The molecule has 0 aliphatic carbocycles. The minimum Gasteiger partial charge on any atom is -0.497 e. The van der Waals surface area contributed by atoms with Crippen molar-refractivity contribution in [2.24, 2.45) is 0 Å². The third-order valence-corrected chi connectivity index (χ3v) is 5.11. The van der Waals surface area contributed by atoms with Crippen molar-refractivity contribution in [3.05, 3.63) is 48.0 Å². The number of nitrogens with one attached hydrogen (secondary N) is 1. The summed E-state index contributed by atoms with van der Waals surface area (Å²) in [6.07, 6.45) is 0.916. The Labute approximate surface area is 148 Å². The van der Waals surface area contributed by atoms with E-state index in [2.05, 4.69) is 11.6 Å². The molecule has 0 aromatic heterocycles. The number of methoxy groups -OCH3 is 2. The molecule has 0 unspecified atom stereocenters. The van der Waals surface area contributed by atoms with Crippen LogP contribution in [0.5, 0.6) is 17.2 Å². The Morgan fingerprint density at radius 3 is 2.48 bits per heavy atom. The monoisotopic (exact) mass is 365 g/mol. The molecule has 0 fully saturated rings. The largest absolute Gasteiger partial charge is 0.497 e. The van der Waals surface area contributed by atoms with Gasteiger partial charge in [-0.2, -0.15) is 0 Å². The maximum Gasteiger partial charge on any atom is 0.244 e. The fourth-order valence-corrected chi connectivity index (χ4v) is 3.47. The van der Waals surface area contributed by atoms with Crippen LogP contribution in [0.1, 0.15) is 12.5 Å². The van der Waals surface area contributed by atoms with Crippen molar-refractivity contribution in [3.63, 3.8) is 0 Å². The molecule has 1 N–H and O–H groups in total. The maximum absolute atomic E-state index is 12.5. The van der Waals surface area contributed by atoms with Gasteiger partial charge in [-0.25, -0.2) is 13.1 Å². The Hall–Kier alpha value is -2.25. The zero-order chi connectivity index (χ0) is 18.3. The Morgan fingerprint density at radius 2 is 1.80 bits per heavy atom. The molecule has 0 spiro atoms. The Kier molecular flexibility index (Phi) is 6.66. The molecule has 25 heavy (non-hydrogen) atoms. The van der Waals surface area contributed by atoms with Crippen molar-refractivity contribution >= 4 is 10.0 Å². The summed E-state index contributed by atoms with van der Waals surface area (Å²) in [5.41, 5.74) is 1.17. The normalized spacial score (nSPS) is 11.2. The lowest BCUT2D eigenvalue weighted by molar-refractivity contribution is 0.322. The number of aryl methyl sites for hydroxylation is 1. The van der Waals surface area contributed by atoms with E-state index < -0.39 is 10.0 Å². The summed E-state index contributed by atoms with van der Waals surface area (Å²) in [6, 6.07) is 12.3. The number of rotatable bonds is 9. The summed E-state index contributed by atoms with van der Waals surface area (Å²) in [7, 11) is -0.841. The summed E-state index contributed by atoms with van der Waals surface area (Å²) in [5.74, 6) is 1.41. The summed E-state index contributed by atoms with van der Waals surface area (Å²) in [5, 5.41) is 0. The summed E-state index contributed by atoms with van der Waals surface area (Å²) >= 11 is 0. The molecule has 136 valence electrons. The standard InChI is InChI=1S/C18H23NO5S/c1-4-14-6-5-7-16(12-14)24-11-10-19-25(20,21)18-13-15(22-2)8-9-17(18)23-3/h5-9,12-13,19H,4,10-11H2,1-3H3. The van der Waals surface area contributed by atoms with Gasteiger partial charge in [-0.15, -0.1) is 0 Å². The van der Waals surface area contributed by atoms with Crippen LogP contribution in [0.4, 0.5) is 0 Å². The van der Waals surface area contributed by atoms with Gasteiger partial charge in [0.1, 0.15) is 28.8 Å². The van der Waals surface area contributed by atoms with Crippen molar-refractivity contribution in [3.8, 4) is 17.2 Å². The van der Waals surface area contributed by atoms with Crippen molar-refractivity contribution < 1.29 is 22.6 Å². The number of ether oxygens (including phenoxy) is 3. The first kappa shape index (κ1) is 19.1. The molecule has 0 heterocycles. The average molecular weight is 365 g/mol. The summed E-state index contributed by atoms with van der Waals surface area (Å²) < 4.78 is 43.3. The highest BCUT2D eigenvalue weighted by Crippen LogP contribution is 2.27. The lowest BCUT2D eigenvalue weighted by Crippen LogP contribution is -2.28.